The number of halogens is 1. The summed E-state index contributed by atoms with van der Waals surface area (Å²) < 4.78 is 0. The SMILES string of the molecule is Cl.O=C1C=Cc2cc3[nH]ncc3cc21.[H+]. The normalized spacial score (nSPS) is 13.0. The number of fused-ring (bicyclic) bond motifs is 2. The maximum Gasteiger partial charge on any atom is 1.00 e. The number of allylic oxidation sites excluding steroid dienone is 1. The van der Waals surface area contributed by atoms with E-state index in [1.807, 2.05) is 18.2 Å². The van der Waals surface area contributed by atoms with E-state index in [4.69, 9.17) is 0 Å². The second kappa shape index (κ2) is 2.96. The molecule has 14 heavy (non-hydrogen) atoms. The summed E-state index contributed by atoms with van der Waals surface area (Å²) in [4.78, 5) is 11.3. The summed E-state index contributed by atoms with van der Waals surface area (Å²) in [6.45, 7) is 0. The first-order valence-electron chi connectivity index (χ1n) is 4.04. The highest BCUT2D eigenvalue weighted by Gasteiger charge is 2.14. The van der Waals surface area contributed by atoms with Crippen LogP contribution in [0.3, 0.4) is 0 Å². The predicted molar refractivity (Wildman–Crippen MR) is 57.8 cm³/mol. The number of hydrogen-bond acceptors (Lipinski definition) is 2. The molecule has 1 aromatic heterocycles. The quantitative estimate of drug-likeness (QED) is 0.721. The lowest BCUT2D eigenvalue weighted by atomic mass is 10.1. The number of H-pyrrole nitrogens is 1. The van der Waals surface area contributed by atoms with Crippen molar-refractivity contribution in [2.45, 2.75) is 0 Å². The molecule has 0 spiro atoms. The van der Waals surface area contributed by atoms with Gasteiger partial charge in [0.05, 0.1) is 11.7 Å². The van der Waals surface area contributed by atoms with Crippen molar-refractivity contribution in [3.63, 3.8) is 0 Å². The first-order valence-corrected chi connectivity index (χ1v) is 4.04. The zero-order chi connectivity index (χ0) is 8.84. The van der Waals surface area contributed by atoms with Gasteiger partial charge in [-0.25, -0.2) is 0 Å². The van der Waals surface area contributed by atoms with Gasteiger partial charge < -0.3 is 0 Å². The van der Waals surface area contributed by atoms with Crippen LogP contribution in [0.25, 0.3) is 17.0 Å². The summed E-state index contributed by atoms with van der Waals surface area (Å²) in [6.07, 6.45) is 5.15. The Balaban J connectivity index is 0.000000562. The van der Waals surface area contributed by atoms with Gasteiger partial charge in [0.2, 0.25) is 0 Å². The Morgan fingerprint density at radius 1 is 1.29 bits per heavy atom. The minimum Gasteiger partial charge on any atom is -0.289 e. The number of nitrogens with one attached hydrogen (secondary N) is 1. The van der Waals surface area contributed by atoms with Crippen molar-refractivity contribution in [1.82, 2.24) is 10.2 Å². The highest BCUT2D eigenvalue weighted by atomic mass is 35.5. The lowest BCUT2D eigenvalue weighted by Gasteiger charge is -1.96. The molecule has 0 atom stereocenters. The van der Waals surface area contributed by atoms with Gasteiger partial charge in [0.25, 0.3) is 0 Å². The third-order valence-corrected chi connectivity index (χ3v) is 2.29. The van der Waals surface area contributed by atoms with E-state index in [1.165, 1.54) is 0 Å². The van der Waals surface area contributed by atoms with Crippen LogP contribution >= 0.6 is 12.4 Å². The van der Waals surface area contributed by atoms with E-state index < -0.39 is 0 Å². The van der Waals surface area contributed by atoms with Crippen molar-refractivity contribution >= 4 is 35.2 Å². The molecule has 1 aromatic carbocycles. The molecule has 0 unspecified atom stereocenters. The molecular formula is C10H8ClN2O+. The van der Waals surface area contributed by atoms with E-state index in [0.29, 0.717) is 0 Å². The van der Waals surface area contributed by atoms with E-state index >= 15 is 0 Å². The second-order valence-corrected chi connectivity index (χ2v) is 3.09. The van der Waals surface area contributed by atoms with Crippen molar-refractivity contribution in [2.24, 2.45) is 0 Å². The Labute approximate surface area is 87.7 Å². The maximum absolute atomic E-state index is 11.3. The number of ketones is 1. The first-order chi connectivity index (χ1) is 6.34. The third kappa shape index (κ3) is 1.06. The zero-order valence-electron chi connectivity index (χ0n) is 8.15. The number of aromatic amines is 1. The minimum absolute atomic E-state index is 0. The third-order valence-electron chi connectivity index (χ3n) is 2.29. The summed E-state index contributed by atoms with van der Waals surface area (Å²) in [5.41, 5.74) is 2.72. The van der Waals surface area contributed by atoms with Gasteiger partial charge in [0.15, 0.2) is 5.78 Å². The maximum atomic E-state index is 11.3. The molecule has 0 amide bonds. The lowest BCUT2D eigenvalue weighted by molar-refractivity contribution is 0.105. The van der Waals surface area contributed by atoms with E-state index in [0.717, 1.165) is 22.0 Å². The van der Waals surface area contributed by atoms with Crippen molar-refractivity contribution in [3.8, 4) is 0 Å². The Hall–Kier alpha value is -1.61. The number of rotatable bonds is 0. The minimum atomic E-state index is 0. The van der Waals surface area contributed by atoms with Gasteiger partial charge in [0, 0.05) is 10.9 Å². The van der Waals surface area contributed by atoms with Gasteiger partial charge in [-0.05, 0) is 23.8 Å². The molecule has 0 saturated heterocycles. The number of aromatic nitrogens is 2. The monoisotopic (exact) mass is 207 g/mol. The van der Waals surface area contributed by atoms with Gasteiger partial charge in [-0.1, -0.05) is 6.08 Å². The van der Waals surface area contributed by atoms with Crippen LogP contribution in [0.15, 0.2) is 24.4 Å². The number of carbonyl (C=O) groups is 1. The average molecular weight is 208 g/mol. The molecule has 1 N–H and O–H groups in total. The molecular weight excluding hydrogens is 200 g/mol. The van der Waals surface area contributed by atoms with E-state index in [2.05, 4.69) is 10.2 Å². The largest absolute Gasteiger partial charge is 1.00 e. The topological polar surface area (TPSA) is 45.8 Å². The van der Waals surface area contributed by atoms with E-state index in [1.54, 1.807) is 12.3 Å². The fourth-order valence-corrected chi connectivity index (χ4v) is 1.61. The molecule has 1 aliphatic carbocycles. The van der Waals surface area contributed by atoms with Crippen LogP contribution in [0, 0.1) is 0 Å². The van der Waals surface area contributed by atoms with Crippen LogP contribution in [-0.4, -0.2) is 16.0 Å². The molecule has 0 saturated carbocycles. The summed E-state index contributed by atoms with van der Waals surface area (Å²) in [5, 5.41) is 7.76. The van der Waals surface area contributed by atoms with Gasteiger partial charge in [0.1, 0.15) is 0 Å². The molecule has 0 radical (unpaired) electrons. The highest BCUT2D eigenvalue weighted by molar-refractivity contribution is 6.15. The Bertz CT molecular complexity index is 547. The van der Waals surface area contributed by atoms with Gasteiger partial charge in [-0.2, -0.15) is 5.10 Å². The van der Waals surface area contributed by atoms with Crippen LogP contribution in [0.4, 0.5) is 0 Å². The molecule has 70 valence electrons. The van der Waals surface area contributed by atoms with Crippen molar-refractivity contribution in [3.05, 3.63) is 35.5 Å². The van der Waals surface area contributed by atoms with Crippen LogP contribution in [0.2, 0.25) is 0 Å². The summed E-state index contributed by atoms with van der Waals surface area (Å²) in [7, 11) is 0. The van der Waals surface area contributed by atoms with Gasteiger partial charge >= 0.3 is 1.43 Å². The molecule has 1 heterocycles. The average Bonchev–Trinajstić information content (AvgIpc) is 2.70. The number of benzene rings is 1. The van der Waals surface area contributed by atoms with E-state index in [9.17, 15) is 4.79 Å². The molecule has 2 aromatic rings. The molecule has 3 rings (SSSR count). The number of nitrogens with zero attached hydrogens (tertiary/aromatic N) is 1. The second-order valence-electron chi connectivity index (χ2n) is 3.09. The van der Waals surface area contributed by atoms with Gasteiger partial charge in [-0.15, -0.1) is 12.4 Å². The lowest BCUT2D eigenvalue weighted by Crippen LogP contribution is -1.90. The fraction of sp³-hybridized carbons (Fsp3) is 0. The summed E-state index contributed by atoms with van der Waals surface area (Å²) in [6, 6.07) is 3.82. The Kier molecular flexibility index (Phi) is 1.89. The molecule has 0 bridgehead atoms. The Morgan fingerprint density at radius 3 is 3.00 bits per heavy atom. The van der Waals surface area contributed by atoms with E-state index in [-0.39, 0.29) is 19.6 Å². The summed E-state index contributed by atoms with van der Waals surface area (Å²) in [5.74, 6) is 0.0816. The van der Waals surface area contributed by atoms with Crippen molar-refractivity contribution in [2.75, 3.05) is 0 Å². The molecule has 0 fully saturated rings. The fourth-order valence-electron chi connectivity index (χ4n) is 1.61. The van der Waals surface area contributed by atoms with Crippen LogP contribution in [-0.2, 0) is 0 Å². The van der Waals surface area contributed by atoms with Crippen LogP contribution in [0.5, 0.6) is 0 Å². The summed E-state index contributed by atoms with van der Waals surface area (Å²) >= 11 is 0. The molecule has 0 aliphatic heterocycles. The number of carbonyl (C=O) groups excluding carboxylic acids is 1. The Morgan fingerprint density at radius 2 is 2.14 bits per heavy atom. The standard InChI is InChI=1S/C10H6N2O.ClH/c13-10-2-1-6-4-9-7(3-8(6)10)5-11-12-9;/h1-5H,(H,11,12);1H/p+1. The number of hydrogen-bond donors (Lipinski definition) is 1. The van der Waals surface area contributed by atoms with Crippen LogP contribution in [0.1, 0.15) is 17.3 Å². The zero-order valence-corrected chi connectivity index (χ0v) is 7.97. The molecule has 3 nitrogen and oxygen atoms in total. The van der Waals surface area contributed by atoms with Gasteiger partial charge in [-0.3, -0.25) is 9.89 Å². The first kappa shape index (κ1) is 8.97. The smallest absolute Gasteiger partial charge is 0.289 e. The highest BCUT2D eigenvalue weighted by Crippen LogP contribution is 2.24. The molecule has 4 heteroatoms. The molecule has 1 aliphatic rings. The predicted octanol–water partition coefficient (Wildman–Crippen LogP) is 2.31. The van der Waals surface area contributed by atoms with Crippen molar-refractivity contribution < 1.29 is 6.22 Å². The van der Waals surface area contributed by atoms with Crippen LogP contribution < -0.4 is 0 Å². The van der Waals surface area contributed by atoms with Crippen molar-refractivity contribution in [1.29, 1.82) is 0 Å².